The third-order valence-corrected chi connectivity index (χ3v) is 20.7. The molecule has 10 fully saturated rings. The van der Waals surface area contributed by atoms with Crippen molar-refractivity contribution in [1.29, 1.82) is 0 Å². The highest BCUT2D eigenvalue weighted by atomic mass is 35.6. The van der Waals surface area contributed by atoms with Gasteiger partial charge in [0, 0.05) is 39.0 Å². The number of carbonyl (C=O) groups excluding carboxylic acids is 8. The monoisotopic (exact) mass is 1350 g/mol. The van der Waals surface area contributed by atoms with Crippen molar-refractivity contribution in [3.63, 3.8) is 0 Å². The normalized spacial score (nSPS) is 30.0. The summed E-state index contributed by atoms with van der Waals surface area (Å²) >= 11 is 14.4. The number of aliphatic hydroxyl groups excluding tert-OH is 2. The van der Waals surface area contributed by atoms with E-state index >= 15 is 0 Å². The van der Waals surface area contributed by atoms with Gasteiger partial charge in [0.2, 0.25) is 35.4 Å². The number of nitrogens with zero attached hydrogens (tertiary/aromatic N) is 4. The highest BCUT2D eigenvalue weighted by Gasteiger charge is 2.69. The number of halogens is 3. The molecule has 0 aromatic heterocycles. The fraction of sp³-hybridized carbons (Fsp3) is 0.871. The number of nitrogens with one attached hydrogen (secondary N) is 4. The molecule has 5 aliphatic carbocycles. The van der Waals surface area contributed by atoms with E-state index in [1.165, 1.54) is 14.7 Å². The smallest absolute Gasteiger partial charge is 0.444 e. The van der Waals surface area contributed by atoms with Gasteiger partial charge in [-0.25, -0.2) is 9.59 Å². The molecule has 8 amide bonds. The van der Waals surface area contributed by atoms with Crippen LogP contribution in [0.4, 0.5) is 9.59 Å². The second-order valence-corrected chi connectivity index (χ2v) is 31.7. The van der Waals surface area contributed by atoms with Crippen LogP contribution in [0.2, 0.25) is 0 Å². The van der Waals surface area contributed by atoms with Crippen LogP contribution in [0.15, 0.2) is 0 Å². The van der Waals surface area contributed by atoms with Crippen LogP contribution in [0.1, 0.15) is 205 Å². The highest BCUT2D eigenvalue weighted by molar-refractivity contribution is 7.54. The Hall–Kier alpha value is -3.82. The minimum absolute atomic E-state index is 0.00765. The summed E-state index contributed by atoms with van der Waals surface area (Å²) in [6, 6.07) is -5.48. The SMILES string of the molecule is CCC(NC(=O)C1CC(O)CN1C(=O)C(NC(=O)OC(C)(C)C)C1CCCCC1)C(=O)N1CCCC1B(O)O.CCC(NC(=O)C1CC(O)CN1C(=O)C(NC(=O)OC(C)(C)C)C1CCCCC1)C(=O)N1CCCC1B1OC2CC3CC(C3(C)C)C2(C)O1.ClB(Cl)Cl. The Morgan fingerprint density at radius 1 is 0.587 bits per heavy atom. The lowest BCUT2D eigenvalue weighted by atomic mass is 9.43. The number of hydrogen-bond acceptors (Lipinski definition) is 16. The van der Waals surface area contributed by atoms with E-state index in [2.05, 4.69) is 42.0 Å². The summed E-state index contributed by atoms with van der Waals surface area (Å²) in [6.45, 7) is 21.8. The molecule has 5 aliphatic heterocycles. The summed E-state index contributed by atoms with van der Waals surface area (Å²) in [6.07, 6.45) is 11.2. The van der Waals surface area contributed by atoms with Crippen molar-refractivity contribution in [3.8, 4) is 0 Å². The van der Waals surface area contributed by atoms with E-state index in [0.717, 1.165) is 89.9 Å². The molecule has 14 atom stereocenters. The zero-order valence-corrected chi connectivity index (χ0v) is 58.2. The molecular formula is C62H104B3Cl3N8O16. The Morgan fingerprint density at radius 2 is 1.01 bits per heavy atom. The van der Waals surface area contributed by atoms with Crippen molar-refractivity contribution < 1.29 is 77.4 Å². The predicted molar refractivity (Wildman–Crippen MR) is 349 cm³/mol. The van der Waals surface area contributed by atoms with Crippen LogP contribution >= 0.6 is 34.4 Å². The van der Waals surface area contributed by atoms with Crippen LogP contribution in [-0.4, -0.2) is 216 Å². The van der Waals surface area contributed by atoms with E-state index in [-0.39, 0.29) is 73.2 Å². The first kappa shape index (κ1) is 75.6. The predicted octanol–water partition coefficient (Wildman–Crippen LogP) is 5.58. The lowest BCUT2D eigenvalue weighted by Crippen LogP contribution is -2.65. The van der Waals surface area contributed by atoms with Gasteiger partial charge in [-0.1, -0.05) is 66.2 Å². The number of alkyl carbamates (subject to hydrolysis) is 2. The molecule has 8 N–H and O–H groups in total. The molecule has 0 aromatic carbocycles. The standard InChI is InChI=1S/C36H59BN4O8.C26H45BN4O8.BCl3/c1-8-24(31(44)40-16-12-15-28(40)37-48-27-18-22-17-26(35(22,5)6)36(27,7)49-37)38-30(43)25-19-23(42)20-41(25)32(45)29(21-13-10-9-11-14-21)39-33(46)47-34(2,3)4;1-5-18(23(34)30-13-9-12-20(30)27(37)38)28-22(33)19-14-17(32)15-31(19)24(35)21(16-10-7-6-8-11-16)29-25(36)39-26(2,3)4;2-1(3)4/h21-29,42H,8-20H2,1-7H3,(H,38,43)(H,39,46);16-21,32,37-38H,5-15H2,1-4H3,(H,28,33)(H,29,36);. The first-order valence-electron chi connectivity index (χ1n) is 33.9. The minimum atomic E-state index is -1.67. The number of hydrogen-bond donors (Lipinski definition) is 8. The second kappa shape index (κ2) is 32.0. The fourth-order valence-corrected chi connectivity index (χ4v) is 15.9. The second-order valence-electron chi connectivity index (χ2n) is 29.8. The van der Waals surface area contributed by atoms with Crippen molar-refractivity contribution >= 4 is 101 Å². The first-order valence-corrected chi connectivity index (χ1v) is 35.2. The molecule has 10 aliphatic rings. The lowest BCUT2D eigenvalue weighted by molar-refractivity contribution is -0.199. The van der Waals surface area contributed by atoms with E-state index in [4.69, 9.17) is 53.2 Å². The molecule has 2 bridgehead atoms. The molecular weight excluding hydrogens is 1250 g/mol. The van der Waals surface area contributed by atoms with Gasteiger partial charge in [-0.3, -0.25) is 28.8 Å². The van der Waals surface area contributed by atoms with E-state index in [9.17, 15) is 58.6 Å². The van der Waals surface area contributed by atoms with Crippen molar-refractivity contribution in [2.45, 2.75) is 288 Å². The number of carbonyl (C=O) groups is 8. The van der Waals surface area contributed by atoms with Gasteiger partial charge in [0.05, 0.1) is 35.8 Å². The van der Waals surface area contributed by atoms with Crippen LogP contribution in [0.25, 0.3) is 0 Å². The highest BCUT2D eigenvalue weighted by Crippen LogP contribution is 2.66. The first-order chi connectivity index (χ1) is 43.1. The van der Waals surface area contributed by atoms with Crippen LogP contribution < -0.4 is 21.3 Å². The van der Waals surface area contributed by atoms with Gasteiger partial charge in [-0.15, -0.1) is 0 Å². The topological polar surface area (TPSA) is 315 Å². The molecule has 5 heterocycles. The molecule has 5 saturated heterocycles. The molecule has 30 heteroatoms. The molecule has 5 saturated carbocycles. The molecule has 0 aromatic rings. The van der Waals surface area contributed by atoms with Gasteiger partial charge < -0.3 is 79.9 Å². The zero-order valence-electron chi connectivity index (χ0n) is 56.0. The van der Waals surface area contributed by atoms with Gasteiger partial charge in [0.25, 0.3) is 0 Å². The molecule has 10 rings (SSSR count). The Bertz CT molecular complexity index is 2580. The van der Waals surface area contributed by atoms with Crippen LogP contribution in [-0.2, 0) is 47.5 Å². The van der Waals surface area contributed by atoms with E-state index in [1.807, 2.05) is 11.8 Å². The Kier molecular flexibility index (Phi) is 26.3. The average Bonchev–Trinajstić information content (AvgIpc) is 1.32. The summed E-state index contributed by atoms with van der Waals surface area (Å²) in [5.41, 5.74) is -1.64. The van der Waals surface area contributed by atoms with Gasteiger partial charge in [0.15, 0.2) is 0 Å². The average molecular weight is 1360 g/mol. The lowest BCUT2D eigenvalue weighted by Gasteiger charge is -2.64. The maximum Gasteiger partial charge on any atom is 0.481 e. The number of aliphatic hydroxyl groups is 2. The molecule has 518 valence electrons. The van der Waals surface area contributed by atoms with Crippen LogP contribution in [0, 0.1) is 29.1 Å². The molecule has 24 nitrogen and oxygen atoms in total. The zero-order chi connectivity index (χ0) is 67.9. The number of amides is 8. The van der Waals surface area contributed by atoms with Crippen LogP contribution in [0.5, 0.6) is 0 Å². The van der Waals surface area contributed by atoms with Crippen molar-refractivity contribution in [1.82, 2.24) is 40.9 Å². The number of ether oxygens (including phenoxy) is 2. The number of rotatable bonds is 16. The summed E-state index contributed by atoms with van der Waals surface area (Å²) in [7, 11) is -2.17. The van der Waals surface area contributed by atoms with Crippen molar-refractivity contribution in [3.05, 3.63) is 0 Å². The van der Waals surface area contributed by atoms with Gasteiger partial charge >= 0.3 is 31.4 Å². The summed E-state index contributed by atoms with van der Waals surface area (Å²) in [5, 5.41) is 51.7. The quantitative estimate of drug-likeness (QED) is 0.0875. The number of likely N-dealkylation sites (tertiary alicyclic amines) is 4. The maximum absolute atomic E-state index is 14.2. The van der Waals surface area contributed by atoms with Crippen molar-refractivity contribution in [2.75, 3.05) is 26.2 Å². The van der Waals surface area contributed by atoms with Crippen LogP contribution in [0.3, 0.4) is 0 Å². The van der Waals surface area contributed by atoms with E-state index < -0.39 is 127 Å². The maximum atomic E-state index is 14.2. The Labute approximate surface area is 559 Å². The molecule has 92 heavy (non-hydrogen) atoms. The van der Waals surface area contributed by atoms with Gasteiger partial charge in [-0.2, -0.15) is 34.4 Å². The molecule has 0 radical (unpaired) electrons. The molecule has 14 unspecified atom stereocenters. The summed E-state index contributed by atoms with van der Waals surface area (Å²) in [5.74, 6) is -2.63. The van der Waals surface area contributed by atoms with Gasteiger partial charge in [0.1, 0.15) is 47.5 Å². The van der Waals surface area contributed by atoms with E-state index in [1.54, 1.807) is 48.5 Å². The third kappa shape index (κ3) is 18.6. The van der Waals surface area contributed by atoms with Crippen molar-refractivity contribution in [2.24, 2.45) is 29.1 Å². The van der Waals surface area contributed by atoms with Gasteiger partial charge in [-0.05, 0) is 155 Å². The third-order valence-electron chi connectivity index (χ3n) is 20.7. The summed E-state index contributed by atoms with van der Waals surface area (Å²) in [4.78, 5) is 113. The number of β-amino-alcohol motifs (C(OH)–C–C–N with tert-alkyl or cyclic N) is 2. The largest absolute Gasteiger partial charge is 0.481 e. The Morgan fingerprint density at radius 3 is 1.42 bits per heavy atom. The minimum Gasteiger partial charge on any atom is -0.444 e. The molecule has 0 spiro atoms. The van der Waals surface area contributed by atoms with E-state index in [0.29, 0.717) is 44.2 Å². The fourth-order valence-electron chi connectivity index (χ4n) is 15.9. The summed E-state index contributed by atoms with van der Waals surface area (Å²) < 4.78 is 24.2. The Balaban J connectivity index is 0.000000253.